The summed E-state index contributed by atoms with van der Waals surface area (Å²) in [6.07, 6.45) is 1.19. The number of nitrogens with zero attached hydrogens (tertiary/aromatic N) is 2. The van der Waals surface area contributed by atoms with Crippen LogP contribution in [-0.2, 0) is 6.54 Å². The van der Waals surface area contributed by atoms with E-state index in [4.69, 9.17) is 4.52 Å². The van der Waals surface area contributed by atoms with Crippen molar-refractivity contribution in [2.24, 2.45) is 4.99 Å². The minimum Gasteiger partial charge on any atom is -0.362 e. The van der Waals surface area contributed by atoms with E-state index < -0.39 is 0 Å². The molecule has 1 N–H and O–H groups in total. The smallest absolute Gasteiger partial charge is 0.157 e. The standard InChI is InChI=1S/C11H17N3OS/c1-7-4-9(3)16-11(13-7)12-6-10-5-8(2)15-14-10/h5,7,9H,4,6H2,1-3H3,(H,12,13). The topological polar surface area (TPSA) is 50.4 Å². The summed E-state index contributed by atoms with van der Waals surface area (Å²) in [6.45, 7) is 6.90. The molecule has 2 atom stereocenters. The molecule has 0 aliphatic carbocycles. The number of aliphatic imine (C=N–C) groups is 1. The van der Waals surface area contributed by atoms with Crippen molar-refractivity contribution in [2.45, 2.75) is 45.0 Å². The molecule has 0 saturated carbocycles. The number of aromatic nitrogens is 1. The third-order valence-corrected chi connectivity index (χ3v) is 3.49. The van der Waals surface area contributed by atoms with Crippen LogP contribution >= 0.6 is 11.8 Å². The van der Waals surface area contributed by atoms with Crippen molar-refractivity contribution in [2.75, 3.05) is 0 Å². The highest BCUT2D eigenvalue weighted by Gasteiger charge is 2.19. The summed E-state index contributed by atoms with van der Waals surface area (Å²) in [5, 5.41) is 8.95. The molecule has 2 unspecified atom stereocenters. The minimum atomic E-state index is 0.508. The maximum atomic E-state index is 5.00. The second-order valence-corrected chi connectivity index (χ2v) is 5.69. The Morgan fingerprint density at radius 2 is 2.44 bits per heavy atom. The van der Waals surface area contributed by atoms with E-state index >= 15 is 0 Å². The van der Waals surface area contributed by atoms with Crippen LogP contribution in [0.4, 0.5) is 0 Å². The van der Waals surface area contributed by atoms with Gasteiger partial charge in [-0.05, 0) is 20.3 Å². The average Bonchev–Trinajstić information content (AvgIpc) is 2.60. The normalized spacial score (nSPS) is 28.1. The molecule has 1 fully saturated rings. The summed E-state index contributed by atoms with van der Waals surface area (Å²) < 4.78 is 5.00. The molecular formula is C11H17N3OS. The Morgan fingerprint density at radius 1 is 1.62 bits per heavy atom. The van der Waals surface area contributed by atoms with Crippen molar-refractivity contribution in [1.29, 1.82) is 0 Å². The first-order chi connectivity index (χ1) is 7.63. The zero-order valence-electron chi connectivity index (χ0n) is 9.86. The zero-order chi connectivity index (χ0) is 11.5. The zero-order valence-corrected chi connectivity index (χ0v) is 10.7. The molecule has 4 nitrogen and oxygen atoms in total. The Morgan fingerprint density at radius 3 is 3.06 bits per heavy atom. The van der Waals surface area contributed by atoms with E-state index in [2.05, 4.69) is 29.3 Å². The molecule has 2 heterocycles. The Labute approximate surface area is 99.9 Å². The fourth-order valence-electron chi connectivity index (χ4n) is 1.77. The molecule has 88 valence electrons. The van der Waals surface area contributed by atoms with E-state index in [9.17, 15) is 0 Å². The predicted molar refractivity (Wildman–Crippen MR) is 66.6 cm³/mol. The fourth-order valence-corrected chi connectivity index (χ4v) is 2.94. The lowest BCUT2D eigenvalue weighted by Crippen LogP contribution is -2.38. The lowest BCUT2D eigenvalue weighted by molar-refractivity contribution is 0.391. The van der Waals surface area contributed by atoms with Crippen LogP contribution in [-0.4, -0.2) is 21.6 Å². The van der Waals surface area contributed by atoms with Crippen LogP contribution < -0.4 is 5.32 Å². The number of amidine groups is 1. The molecule has 0 spiro atoms. The molecule has 0 aromatic carbocycles. The molecule has 0 amide bonds. The summed E-state index contributed by atoms with van der Waals surface area (Å²) in [7, 11) is 0. The first kappa shape index (κ1) is 11.5. The molecule has 1 aliphatic rings. The second kappa shape index (κ2) is 4.91. The highest BCUT2D eigenvalue weighted by molar-refractivity contribution is 8.14. The van der Waals surface area contributed by atoms with E-state index in [1.165, 1.54) is 6.42 Å². The van der Waals surface area contributed by atoms with Crippen LogP contribution in [0.5, 0.6) is 0 Å². The third kappa shape index (κ3) is 3.01. The molecule has 16 heavy (non-hydrogen) atoms. The molecule has 1 aliphatic heterocycles. The van der Waals surface area contributed by atoms with Gasteiger partial charge in [-0.25, -0.2) is 0 Å². The highest BCUT2D eigenvalue weighted by atomic mass is 32.2. The SMILES string of the molecule is Cc1cc(CN=C2NC(C)CC(C)S2)no1. The minimum absolute atomic E-state index is 0.508. The van der Waals surface area contributed by atoms with Gasteiger partial charge in [-0.3, -0.25) is 4.99 Å². The van der Waals surface area contributed by atoms with Crippen molar-refractivity contribution in [3.63, 3.8) is 0 Å². The molecule has 2 rings (SSSR count). The lowest BCUT2D eigenvalue weighted by atomic mass is 10.2. The molecule has 1 aromatic heterocycles. The lowest BCUT2D eigenvalue weighted by Gasteiger charge is -2.26. The molecule has 5 heteroatoms. The van der Waals surface area contributed by atoms with Crippen molar-refractivity contribution >= 4 is 16.9 Å². The van der Waals surface area contributed by atoms with Gasteiger partial charge in [0.25, 0.3) is 0 Å². The van der Waals surface area contributed by atoms with Gasteiger partial charge in [0, 0.05) is 17.4 Å². The number of rotatable bonds is 2. The van der Waals surface area contributed by atoms with E-state index in [1.807, 2.05) is 13.0 Å². The third-order valence-electron chi connectivity index (χ3n) is 2.43. The summed E-state index contributed by atoms with van der Waals surface area (Å²) in [4.78, 5) is 4.51. The van der Waals surface area contributed by atoms with Gasteiger partial charge in [0.1, 0.15) is 11.5 Å². The average molecular weight is 239 g/mol. The van der Waals surface area contributed by atoms with Gasteiger partial charge in [-0.2, -0.15) is 0 Å². The van der Waals surface area contributed by atoms with Gasteiger partial charge in [0.2, 0.25) is 0 Å². The Balaban J connectivity index is 1.96. The van der Waals surface area contributed by atoms with Crippen LogP contribution in [0.2, 0.25) is 0 Å². The highest BCUT2D eigenvalue weighted by Crippen LogP contribution is 2.22. The van der Waals surface area contributed by atoms with Gasteiger partial charge in [-0.15, -0.1) is 0 Å². The van der Waals surface area contributed by atoms with Gasteiger partial charge < -0.3 is 9.84 Å². The van der Waals surface area contributed by atoms with Gasteiger partial charge in [0.15, 0.2) is 5.17 Å². The van der Waals surface area contributed by atoms with Crippen LogP contribution in [0.3, 0.4) is 0 Å². The molecule has 1 aromatic rings. The largest absolute Gasteiger partial charge is 0.362 e. The second-order valence-electron chi connectivity index (χ2n) is 4.26. The van der Waals surface area contributed by atoms with Crippen molar-refractivity contribution in [3.8, 4) is 0 Å². The van der Waals surface area contributed by atoms with Crippen molar-refractivity contribution in [3.05, 3.63) is 17.5 Å². The summed E-state index contributed by atoms with van der Waals surface area (Å²) in [5.41, 5.74) is 0.887. The first-order valence-electron chi connectivity index (χ1n) is 5.53. The maximum absolute atomic E-state index is 5.00. The molecule has 1 saturated heterocycles. The van der Waals surface area contributed by atoms with Crippen LogP contribution in [0.15, 0.2) is 15.6 Å². The monoisotopic (exact) mass is 239 g/mol. The number of aryl methyl sites for hydroxylation is 1. The number of thioether (sulfide) groups is 1. The van der Waals surface area contributed by atoms with E-state index in [-0.39, 0.29) is 0 Å². The predicted octanol–water partition coefficient (Wildman–Crippen LogP) is 2.34. The first-order valence-corrected chi connectivity index (χ1v) is 6.41. The van der Waals surface area contributed by atoms with E-state index in [0.717, 1.165) is 16.6 Å². The van der Waals surface area contributed by atoms with Gasteiger partial charge in [0.05, 0.1) is 6.54 Å². The maximum Gasteiger partial charge on any atom is 0.157 e. The summed E-state index contributed by atoms with van der Waals surface area (Å²) >= 11 is 1.80. The Bertz CT molecular complexity index is 376. The molecular weight excluding hydrogens is 222 g/mol. The van der Waals surface area contributed by atoms with Crippen molar-refractivity contribution < 1.29 is 4.52 Å². The quantitative estimate of drug-likeness (QED) is 0.860. The summed E-state index contributed by atoms with van der Waals surface area (Å²) in [6, 6.07) is 2.43. The van der Waals surface area contributed by atoms with E-state index in [0.29, 0.717) is 17.8 Å². The van der Waals surface area contributed by atoms with Crippen LogP contribution in [0, 0.1) is 6.92 Å². The number of nitrogens with one attached hydrogen (secondary N) is 1. The molecule has 0 bridgehead atoms. The van der Waals surface area contributed by atoms with E-state index in [1.54, 1.807) is 11.8 Å². The molecule has 0 radical (unpaired) electrons. The Kier molecular flexibility index (Phi) is 3.53. The number of hydrogen-bond donors (Lipinski definition) is 1. The summed E-state index contributed by atoms with van der Waals surface area (Å²) in [5.74, 6) is 0.834. The number of hydrogen-bond acceptors (Lipinski definition) is 4. The van der Waals surface area contributed by atoms with Gasteiger partial charge in [-0.1, -0.05) is 23.8 Å². The van der Waals surface area contributed by atoms with Crippen LogP contribution in [0.25, 0.3) is 0 Å². The van der Waals surface area contributed by atoms with Gasteiger partial charge >= 0.3 is 0 Å². The van der Waals surface area contributed by atoms with Crippen molar-refractivity contribution in [1.82, 2.24) is 10.5 Å². The Hall–Kier alpha value is -0.970. The van der Waals surface area contributed by atoms with Crippen LogP contribution in [0.1, 0.15) is 31.7 Å². The fraction of sp³-hybridized carbons (Fsp3) is 0.636.